The van der Waals surface area contributed by atoms with Gasteiger partial charge in [0.1, 0.15) is 6.33 Å². The molecular weight excluding hydrogens is 147 g/mol. The van der Waals surface area contributed by atoms with Crippen LogP contribution in [0.25, 0.3) is 5.78 Å². The minimum absolute atomic E-state index is 0.500. The highest BCUT2D eigenvalue weighted by Gasteiger charge is 1.88. The van der Waals surface area contributed by atoms with E-state index in [0.29, 0.717) is 13.0 Å². The zero-order valence-corrected chi connectivity index (χ0v) is 5.98. The van der Waals surface area contributed by atoms with E-state index >= 15 is 0 Å². The Morgan fingerprint density at radius 3 is 2.91 bits per heavy atom. The molecule has 0 aliphatic heterocycles. The van der Waals surface area contributed by atoms with E-state index in [1.807, 2.05) is 6.07 Å². The Bertz CT molecular complexity index is 289. The number of rotatable bonds is 0. The number of alkyl halides is 1. The summed E-state index contributed by atoms with van der Waals surface area (Å²) in [5.41, 5.74) is 0. The Morgan fingerprint density at radius 1 is 1.36 bits per heavy atom. The summed E-state index contributed by atoms with van der Waals surface area (Å²) in [5.74, 6) is 0.637. The quantitative estimate of drug-likeness (QED) is 0.561. The molecule has 2 rings (SSSR count). The van der Waals surface area contributed by atoms with Crippen LogP contribution in [0.2, 0.25) is 0 Å². The van der Waals surface area contributed by atoms with Crippen LogP contribution in [-0.4, -0.2) is 26.8 Å². The first-order chi connectivity index (χ1) is 5.47. The van der Waals surface area contributed by atoms with E-state index in [-0.39, 0.29) is 0 Å². The second kappa shape index (κ2) is 3.60. The number of fused-ring (bicyclic) bond motifs is 1. The van der Waals surface area contributed by atoms with Crippen LogP contribution in [0.4, 0.5) is 4.39 Å². The van der Waals surface area contributed by atoms with Gasteiger partial charge in [0.05, 0.1) is 7.18 Å². The van der Waals surface area contributed by atoms with E-state index in [9.17, 15) is 4.39 Å². The summed E-state index contributed by atoms with van der Waals surface area (Å²) >= 11 is 0. The zero-order valence-electron chi connectivity index (χ0n) is 5.98. The molecule has 0 amide bonds. The standard InChI is InChI=1S/C5H4N4.CH3F/c1-2-6-5-7-4-8-9(5)3-1;1-2/h1-4H;1H3. The minimum Gasteiger partial charge on any atom is -0.255 e. The van der Waals surface area contributed by atoms with Gasteiger partial charge in [0.2, 0.25) is 0 Å². The van der Waals surface area contributed by atoms with Gasteiger partial charge in [0, 0.05) is 12.4 Å². The molecule has 0 aromatic carbocycles. The van der Waals surface area contributed by atoms with Gasteiger partial charge in [-0.25, -0.2) is 9.50 Å². The number of hydrogen-bond acceptors (Lipinski definition) is 3. The van der Waals surface area contributed by atoms with Crippen LogP contribution < -0.4 is 0 Å². The molecule has 0 fully saturated rings. The van der Waals surface area contributed by atoms with E-state index in [4.69, 9.17) is 0 Å². The molecule has 2 heterocycles. The van der Waals surface area contributed by atoms with Gasteiger partial charge in [-0.1, -0.05) is 0 Å². The van der Waals surface area contributed by atoms with Gasteiger partial charge in [-0.05, 0) is 6.07 Å². The average molecular weight is 154 g/mol. The van der Waals surface area contributed by atoms with E-state index in [1.165, 1.54) is 6.33 Å². The van der Waals surface area contributed by atoms with Crippen molar-refractivity contribution < 1.29 is 4.39 Å². The van der Waals surface area contributed by atoms with Gasteiger partial charge in [0.15, 0.2) is 0 Å². The maximum absolute atomic E-state index is 9.50. The lowest BCUT2D eigenvalue weighted by Crippen LogP contribution is -1.86. The van der Waals surface area contributed by atoms with Crippen molar-refractivity contribution in [1.29, 1.82) is 0 Å². The third-order valence-corrected chi connectivity index (χ3v) is 1.06. The van der Waals surface area contributed by atoms with Crippen LogP contribution in [0.3, 0.4) is 0 Å². The molecule has 2 aromatic heterocycles. The van der Waals surface area contributed by atoms with Gasteiger partial charge in [-0.3, -0.25) is 4.39 Å². The van der Waals surface area contributed by atoms with Gasteiger partial charge >= 0.3 is 0 Å². The van der Waals surface area contributed by atoms with Crippen molar-refractivity contribution in [2.45, 2.75) is 0 Å². The monoisotopic (exact) mass is 154 g/mol. The van der Waals surface area contributed by atoms with E-state index in [2.05, 4.69) is 15.1 Å². The lowest BCUT2D eigenvalue weighted by atomic mass is 10.7. The van der Waals surface area contributed by atoms with E-state index in [1.54, 1.807) is 16.9 Å². The second-order valence-corrected chi connectivity index (χ2v) is 1.62. The molecule has 0 N–H and O–H groups in total. The van der Waals surface area contributed by atoms with Crippen LogP contribution in [0, 0.1) is 0 Å². The zero-order chi connectivity index (χ0) is 8.10. The smallest absolute Gasteiger partial charge is 0.252 e. The van der Waals surface area contributed by atoms with Gasteiger partial charge in [0.25, 0.3) is 5.78 Å². The highest BCUT2D eigenvalue weighted by atomic mass is 19.1. The molecule has 0 saturated heterocycles. The molecule has 0 saturated carbocycles. The summed E-state index contributed by atoms with van der Waals surface area (Å²) in [5, 5.41) is 3.86. The summed E-state index contributed by atoms with van der Waals surface area (Å²) in [6.45, 7) is 0. The Kier molecular flexibility index (Phi) is 2.48. The molecule has 0 bridgehead atoms. The summed E-state index contributed by atoms with van der Waals surface area (Å²) in [7, 11) is 0.500. The fourth-order valence-corrected chi connectivity index (χ4v) is 0.671. The SMILES string of the molecule is CF.c1cnc2ncnn2c1. The summed E-state index contributed by atoms with van der Waals surface area (Å²) < 4.78 is 11.1. The number of nitrogens with zero attached hydrogens (tertiary/aromatic N) is 4. The average Bonchev–Trinajstić information content (AvgIpc) is 2.55. The minimum atomic E-state index is 0.500. The lowest BCUT2D eigenvalue weighted by molar-refractivity contribution is 0.636. The Balaban J connectivity index is 0.000000281. The molecule has 0 radical (unpaired) electrons. The Labute approximate surface area is 62.7 Å². The molecular formula is C6H7FN4. The van der Waals surface area contributed by atoms with Crippen LogP contribution in [0.5, 0.6) is 0 Å². The Hall–Kier alpha value is -1.52. The van der Waals surface area contributed by atoms with Crippen LogP contribution >= 0.6 is 0 Å². The van der Waals surface area contributed by atoms with Crippen molar-refractivity contribution in [3.63, 3.8) is 0 Å². The molecule has 2 aromatic rings. The summed E-state index contributed by atoms with van der Waals surface area (Å²) in [6, 6.07) is 1.81. The highest BCUT2D eigenvalue weighted by molar-refractivity contribution is 5.21. The number of aromatic nitrogens is 4. The normalized spacial score (nSPS) is 8.91. The van der Waals surface area contributed by atoms with Gasteiger partial charge in [-0.15, -0.1) is 0 Å². The maximum Gasteiger partial charge on any atom is 0.252 e. The van der Waals surface area contributed by atoms with Crippen LogP contribution in [0.15, 0.2) is 24.8 Å². The molecule has 0 unspecified atom stereocenters. The molecule has 0 atom stereocenters. The molecule has 5 heteroatoms. The largest absolute Gasteiger partial charge is 0.255 e. The molecule has 0 aliphatic carbocycles. The summed E-state index contributed by atoms with van der Waals surface area (Å²) in [4.78, 5) is 7.79. The van der Waals surface area contributed by atoms with Gasteiger partial charge < -0.3 is 0 Å². The maximum atomic E-state index is 9.50. The fraction of sp³-hybridized carbons (Fsp3) is 0.167. The van der Waals surface area contributed by atoms with Crippen molar-refractivity contribution in [3.05, 3.63) is 24.8 Å². The third-order valence-electron chi connectivity index (χ3n) is 1.06. The van der Waals surface area contributed by atoms with Crippen molar-refractivity contribution in [1.82, 2.24) is 19.6 Å². The molecule has 4 nitrogen and oxygen atoms in total. The van der Waals surface area contributed by atoms with Crippen molar-refractivity contribution in [2.24, 2.45) is 0 Å². The Morgan fingerprint density at radius 2 is 2.18 bits per heavy atom. The van der Waals surface area contributed by atoms with E-state index in [0.717, 1.165) is 0 Å². The molecule has 0 spiro atoms. The van der Waals surface area contributed by atoms with Crippen LogP contribution in [-0.2, 0) is 0 Å². The van der Waals surface area contributed by atoms with E-state index < -0.39 is 0 Å². The topological polar surface area (TPSA) is 43.1 Å². The summed E-state index contributed by atoms with van der Waals surface area (Å²) in [6.07, 6.45) is 4.96. The predicted octanol–water partition coefficient (Wildman–Crippen LogP) is 0.710. The molecule has 58 valence electrons. The number of hydrogen-bond donors (Lipinski definition) is 0. The number of halogens is 1. The van der Waals surface area contributed by atoms with Crippen molar-refractivity contribution >= 4 is 5.78 Å². The first-order valence-corrected chi connectivity index (χ1v) is 2.95. The highest BCUT2D eigenvalue weighted by Crippen LogP contribution is 1.87. The molecule has 11 heavy (non-hydrogen) atoms. The first kappa shape index (κ1) is 7.59. The molecule has 0 aliphatic rings. The predicted molar refractivity (Wildman–Crippen MR) is 37.8 cm³/mol. The van der Waals surface area contributed by atoms with Crippen LogP contribution in [0.1, 0.15) is 0 Å². The first-order valence-electron chi connectivity index (χ1n) is 2.95. The fourth-order valence-electron chi connectivity index (χ4n) is 0.671. The van der Waals surface area contributed by atoms with Crippen molar-refractivity contribution in [3.8, 4) is 0 Å². The second-order valence-electron chi connectivity index (χ2n) is 1.62. The van der Waals surface area contributed by atoms with Gasteiger partial charge in [-0.2, -0.15) is 10.1 Å². The lowest BCUT2D eigenvalue weighted by Gasteiger charge is -1.83. The van der Waals surface area contributed by atoms with Crippen molar-refractivity contribution in [2.75, 3.05) is 7.18 Å². The third kappa shape index (κ3) is 1.49.